The third kappa shape index (κ3) is 4.23. The number of aliphatic hydroxyl groups excluding tert-OH is 1. The number of aryl methyl sites for hydroxylation is 3. The molecule has 0 spiro atoms. The highest BCUT2D eigenvalue weighted by Gasteiger charge is 2.26. The molecule has 1 aromatic carbocycles. The number of aliphatic hydroxyl groups is 1. The number of benzene rings is 1. The second kappa shape index (κ2) is 7.47. The predicted molar refractivity (Wildman–Crippen MR) is 91.6 cm³/mol. The lowest BCUT2D eigenvalue weighted by atomic mass is 9.97. The van der Waals surface area contributed by atoms with Crippen LogP contribution in [0, 0.1) is 20.8 Å². The van der Waals surface area contributed by atoms with Crippen LogP contribution in [0.3, 0.4) is 0 Å². The van der Waals surface area contributed by atoms with E-state index in [0.29, 0.717) is 25.2 Å². The molecule has 2 rings (SSSR count). The smallest absolute Gasteiger partial charge is 0.125 e. The van der Waals surface area contributed by atoms with Gasteiger partial charge < -0.3 is 9.84 Å². The predicted octanol–water partition coefficient (Wildman–Crippen LogP) is 3.61. The molecule has 22 heavy (non-hydrogen) atoms. The molecule has 1 heterocycles. The van der Waals surface area contributed by atoms with Gasteiger partial charge in [0.15, 0.2) is 0 Å². The Morgan fingerprint density at radius 2 is 1.68 bits per heavy atom. The standard InChI is InChI=1S/C19H31NO2/c1-13-9-14(2)19(15(3)10-13)22-12-18(21)11-20-16(4)7-6-8-17(20)5/h9-10,16-18,21H,6-8,11-12H2,1-5H3/t16-,17-,18-/m1/s1. The number of β-amino-alcohol motifs (C(OH)–C–C–N with tert-alkyl or cyclic N) is 1. The van der Waals surface area contributed by atoms with Gasteiger partial charge in [0.2, 0.25) is 0 Å². The summed E-state index contributed by atoms with van der Waals surface area (Å²) in [5.41, 5.74) is 3.53. The number of ether oxygens (including phenoxy) is 1. The van der Waals surface area contributed by atoms with E-state index in [9.17, 15) is 5.11 Å². The van der Waals surface area contributed by atoms with Gasteiger partial charge in [-0.3, -0.25) is 4.90 Å². The molecule has 3 nitrogen and oxygen atoms in total. The van der Waals surface area contributed by atoms with Crippen molar-refractivity contribution in [3.05, 3.63) is 28.8 Å². The molecular weight excluding hydrogens is 274 g/mol. The second-order valence-electron chi connectivity index (χ2n) is 7.02. The van der Waals surface area contributed by atoms with Gasteiger partial charge in [0, 0.05) is 18.6 Å². The molecule has 0 aromatic heterocycles. The lowest BCUT2D eigenvalue weighted by molar-refractivity contribution is 0.0206. The van der Waals surface area contributed by atoms with Crippen molar-refractivity contribution in [1.29, 1.82) is 0 Å². The van der Waals surface area contributed by atoms with Gasteiger partial charge in [-0.05, 0) is 58.6 Å². The average Bonchev–Trinajstić information content (AvgIpc) is 2.42. The summed E-state index contributed by atoms with van der Waals surface area (Å²) in [5.74, 6) is 0.921. The molecule has 1 aliphatic heterocycles. The Kier molecular flexibility index (Phi) is 5.87. The highest BCUT2D eigenvalue weighted by atomic mass is 16.5. The summed E-state index contributed by atoms with van der Waals surface area (Å²) in [6.07, 6.45) is 3.32. The molecule has 1 aromatic rings. The average molecular weight is 305 g/mol. The van der Waals surface area contributed by atoms with Gasteiger partial charge >= 0.3 is 0 Å². The van der Waals surface area contributed by atoms with Crippen LogP contribution in [-0.2, 0) is 0 Å². The van der Waals surface area contributed by atoms with Crippen molar-refractivity contribution in [3.63, 3.8) is 0 Å². The summed E-state index contributed by atoms with van der Waals surface area (Å²) >= 11 is 0. The van der Waals surface area contributed by atoms with Crippen molar-refractivity contribution < 1.29 is 9.84 Å². The van der Waals surface area contributed by atoms with Crippen LogP contribution in [0.4, 0.5) is 0 Å². The Hall–Kier alpha value is -1.06. The highest BCUT2D eigenvalue weighted by molar-refractivity contribution is 5.42. The van der Waals surface area contributed by atoms with E-state index in [1.807, 2.05) is 0 Å². The van der Waals surface area contributed by atoms with Gasteiger partial charge in [-0.2, -0.15) is 0 Å². The molecule has 0 radical (unpaired) electrons. The molecule has 1 N–H and O–H groups in total. The van der Waals surface area contributed by atoms with Crippen molar-refractivity contribution >= 4 is 0 Å². The van der Waals surface area contributed by atoms with E-state index in [-0.39, 0.29) is 0 Å². The second-order valence-corrected chi connectivity index (χ2v) is 7.02. The van der Waals surface area contributed by atoms with E-state index in [1.165, 1.54) is 24.8 Å². The molecule has 124 valence electrons. The summed E-state index contributed by atoms with van der Waals surface area (Å²) in [6.45, 7) is 11.8. The molecule has 0 bridgehead atoms. The number of rotatable bonds is 5. The zero-order valence-corrected chi connectivity index (χ0v) is 14.7. The molecular formula is C19H31NO2. The third-order valence-corrected chi connectivity index (χ3v) is 4.82. The van der Waals surface area contributed by atoms with Gasteiger partial charge in [0.25, 0.3) is 0 Å². The zero-order valence-electron chi connectivity index (χ0n) is 14.7. The summed E-state index contributed by atoms with van der Waals surface area (Å²) in [5, 5.41) is 10.4. The largest absolute Gasteiger partial charge is 0.490 e. The Morgan fingerprint density at radius 3 is 2.23 bits per heavy atom. The van der Waals surface area contributed by atoms with E-state index in [0.717, 1.165) is 16.9 Å². The lowest BCUT2D eigenvalue weighted by Crippen LogP contribution is -2.48. The zero-order chi connectivity index (χ0) is 16.3. The number of hydrogen-bond donors (Lipinski definition) is 1. The van der Waals surface area contributed by atoms with Crippen LogP contribution in [-0.4, -0.2) is 41.3 Å². The first kappa shape index (κ1) is 17.3. The van der Waals surface area contributed by atoms with Crippen LogP contribution >= 0.6 is 0 Å². The lowest BCUT2D eigenvalue weighted by Gasteiger charge is -2.40. The fourth-order valence-electron chi connectivity index (χ4n) is 3.70. The fourth-order valence-corrected chi connectivity index (χ4v) is 3.70. The monoisotopic (exact) mass is 305 g/mol. The molecule has 0 amide bonds. The topological polar surface area (TPSA) is 32.7 Å². The van der Waals surface area contributed by atoms with Crippen molar-refractivity contribution in [2.45, 2.75) is 72.1 Å². The van der Waals surface area contributed by atoms with Crippen molar-refractivity contribution in [2.24, 2.45) is 0 Å². The quantitative estimate of drug-likeness (QED) is 0.902. The van der Waals surface area contributed by atoms with Gasteiger partial charge in [-0.1, -0.05) is 24.1 Å². The Balaban J connectivity index is 1.91. The minimum atomic E-state index is -0.442. The van der Waals surface area contributed by atoms with Crippen molar-refractivity contribution in [2.75, 3.05) is 13.2 Å². The maximum absolute atomic E-state index is 10.4. The van der Waals surface area contributed by atoms with Crippen LogP contribution in [0.2, 0.25) is 0 Å². The fraction of sp³-hybridized carbons (Fsp3) is 0.684. The minimum absolute atomic E-state index is 0.362. The first-order valence-electron chi connectivity index (χ1n) is 8.53. The molecule has 3 heteroatoms. The van der Waals surface area contributed by atoms with E-state index in [2.05, 4.69) is 51.7 Å². The summed E-state index contributed by atoms with van der Waals surface area (Å²) in [7, 11) is 0. The molecule has 0 saturated carbocycles. The molecule has 1 fully saturated rings. The number of nitrogens with zero attached hydrogens (tertiary/aromatic N) is 1. The number of piperidine rings is 1. The number of likely N-dealkylation sites (tertiary alicyclic amines) is 1. The summed E-state index contributed by atoms with van der Waals surface area (Å²) in [6, 6.07) is 5.37. The normalized spacial score (nSPS) is 24.3. The SMILES string of the molecule is Cc1cc(C)c(OC[C@H](O)CN2[C@H](C)CCC[C@H]2C)c(C)c1. The summed E-state index contributed by atoms with van der Waals surface area (Å²) in [4.78, 5) is 2.42. The minimum Gasteiger partial charge on any atom is -0.490 e. The van der Waals surface area contributed by atoms with Crippen molar-refractivity contribution in [1.82, 2.24) is 4.90 Å². The molecule has 1 aliphatic rings. The van der Waals surface area contributed by atoms with E-state index in [4.69, 9.17) is 4.74 Å². The Morgan fingerprint density at radius 1 is 1.14 bits per heavy atom. The van der Waals surface area contributed by atoms with Crippen LogP contribution in [0.15, 0.2) is 12.1 Å². The van der Waals surface area contributed by atoms with E-state index in [1.54, 1.807) is 0 Å². The number of hydrogen-bond acceptors (Lipinski definition) is 3. The van der Waals surface area contributed by atoms with E-state index < -0.39 is 6.10 Å². The van der Waals surface area contributed by atoms with Crippen LogP contribution in [0.1, 0.15) is 49.8 Å². The van der Waals surface area contributed by atoms with Crippen LogP contribution in [0.25, 0.3) is 0 Å². The van der Waals surface area contributed by atoms with Gasteiger partial charge in [-0.25, -0.2) is 0 Å². The maximum atomic E-state index is 10.4. The van der Waals surface area contributed by atoms with Gasteiger partial charge in [-0.15, -0.1) is 0 Å². The summed E-state index contributed by atoms with van der Waals surface area (Å²) < 4.78 is 5.92. The first-order chi connectivity index (χ1) is 10.4. The Bertz CT molecular complexity index is 467. The molecule has 3 atom stereocenters. The van der Waals surface area contributed by atoms with Gasteiger partial charge in [0.1, 0.15) is 18.5 Å². The maximum Gasteiger partial charge on any atom is 0.125 e. The molecule has 0 unspecified atom stereocenters. The Labute approximate surface area is 135 Å². The first-order valence-corrected chi connectivity index (χ1v) is 8.53. The molecule has 1 saturated heterocycles. The third-order valence-electron chi connectivity index (χ3n) is 4.82. The van der Waals surface area contributed by atoms with Crippen LogP contribution < -0.4 is 4.74 Å². The van der Waals surface area contributed by atoms with Crippen molar-refractivity contribution in [3.8, 4) is 5.75 Å². The van der Waals surface area contributed by atoms with E-state index >= 15 is 0 Å². The van der Waals surface area contributed by atoms with Crippen LogP contribution in [0.5, 0.6) is 5.75 Å². The highest BCUT2D eigenvalue weighted by Crippen LogP contribution is 2.25. The molecule has 0 aliphatic carbocycles. The van der Waals surface area contributed by atoms with Gasteiger partial charge in [0.05, 0.1) is 0 Å².